The predicted molar refractivity (Wildman–Crippen MR) is 85.7 cm³/mol. The van der Waals surface area contributed by atoms with Gasteiger partial charge in [-0.2, -0.15) is 0 Å². The monoisotopic (exact) mass is 324 g/mol. The highest BCUT2D eigenvalue weighted by molar-refractivity contribution is 7.92. The summed E-state index contributed by atoms with van der Waals surface area (Å²) in [6.45, 7) is 3.89. The normalized spacial score (nSPS) is 33.6. The number of rotatable bonds is 3. The maximum atomic E-state index is 12.4. The molecule has 3 rings (SSSR count). The summed E-state index contributed by atoms with van der Waals surface area (Å²) in [5, 5.41) is 10.4. The molecule has 2 aliphatic heterocycles. The van der Waals surface area contributed by atoms with E-state index >= 15 is 0 Å². The first-order valence-corrected chi connectivity index (χ1v) is 9.65. The van der Waals surface area contributed by atoms with Crippen LogP contribution in [0.2, 0.25) is 0 Å². The minimum Gasteiger partial charge on any atom is -0.491 e. The summed E-state index contributed by atoms with van der Waals surface area (Å²) < 4.78 is 30.7. The summed E-state index contributed by atoms with van der Waals surface area (Å²) >= 11 is 0. The first-order valence-electron chi connectivity index (χ1n) is 8.04. The fourth-order valence-electron chi connectivity index (χ4n) is 3.87. The second-order valence-electron chi connectivity index (χ2n) is 6.87. The van der Waals surface area contributed by atoms with Gasteiger partial charge in [-0.1, -0.05) is 24.6 Å². The summed E-state index contributed by atoms with van der Waals surface area (Å²) in [5.74, 6) is 0.664. The van der Waals surface area contributed by atoms with Gasteiger partial charge in [0, 0.05) is 5.56 Å². The minimum atomic E-state index is -3.08. The van der Waals surface area contributed by atoms with Gasteiger partial charge >= 0.3 is 0 Å². The molecule has 4 nitrogen and oxygen atoms in total. The molecular formula is C17H24O4S. The lowest BCUT2D eigenvalue weighted by molar-refractivity contribution is 0.00186. The van der Waals surface area contributed by atoms with E-state index in [-0.39, 0.29) is 18.9 Å². The standard InChI is InChI=1S/C17H24O4S/c1-12(2)21-16-9-4-3-8-15(16)17(18)10-13-6-5-7-14(11-17)22(13,19)20/h3-4,8-9,12-14,18H,5-7,10-11H2,1-2H3. The molecule has 0 spiro atoms. The molecule has 0 radical (unpaired) electrons. The maximum absolute atomic E-state index is 12.4. The highest BCUT2D eigenvalue weighted by Gasteiger charge is 2.51. The molecule has 2 saturated heterocycles. The van der Waals surface area contributed by atoms with E-state index in [1.54, 1.807) is 0 Å². The molecule has 5 heteroatoms. The van der Waals surface area contributed by atoms with Crippen molar-refractivity contribution >= 4 is 9.84 Å². The average Bonchev–Trinajstić information content (AvgIpc) is 2.40. The highest BCUT2D eigenvalue weighted by Crippen LogP contribution is 2.48. The predicted octanol–water partition coefficient (Wildman–Crippen LogP) is 2.79. The van der Waals surface area contributed by atoms with E-state index in [1.807, 2.05) is 38.1 Å². The zero-order chi connectivity index (χ0) is 16.0. The second kappa shape index (κ2) is 5.53. The second-order valence-corrected chi connectivity index (χ2v) is 9.38. The zero-order valence-electron chi connectivity index (χ0n) is 13.2. The third kappa shape index (κ3) is 2.65. The molecular weight excluding hydrogens is 300 g/mol. The van der Waals surface area contributed by atoms with Crippen molar-refractivity contribution in [3.05, 3.63) is 29.8 Å². The van der Waals surface area contributed by atoms with Crippen LogP contribution in [0.4, 0.5) is 0 Å². The highest BCUT2D eigenvalue weighted by atomic mass is 32.2. The molecule has 1 N–H and O–H groups in total. The summed E-state index contributed by atoms with van der Waals surface area (Å²) in [5.41, 5.74) is -0.373. The van der Waals surface area contributed by atoms with Crippen molar-refractivity contribution < 1.29 is 18.3 Å². The van der Waals surface area contributed by atoms with Gasteiger partial charge in [0.05, 0.1) is 22.2 Å². The summed E-state index contributed by atoms with van der Waals surface area (Å²) in [6.07, 6.45) is 2.84. The van der Waals surface area contributed by atoms with Gasteiger partial charge in [0.2, 0.25) is 0 Å². The van der Waals surface area contributed by atoms with Gasteiger partial charge < -0.3 is 9.84 Å². The number of benzene rings is 1. The van der Waals surface area contributed by atoms with Crippen LogP contribution in [-0.4, -0.2) is 30.1 Å². The van der Waals surface area contributed by atoms with Gasteiger partial charge in [-0.05, 0) is 45.6 Å². The number of hydrogen-bond donors (Lipinski definition) is 1. The Morgan fingerprint density at radius 1 is 1.18 bits per heavy atom. The van der Waals surface area contributed by atoms with Crippen molar-refractivity contribution in [1.82, 2.24) is 0 Å². The summed E-state index contributed by atoms with van der Waals surface area (Å²) in [4.78, 5) is 0. The maximum Gasteiger partial charge on any atom is 0.156 e. The zero-order valence-corrected chi connectivity index (χ0v) is 14.0. The molecule has 2 bridgehead atoms. The van der Waals surface area contributed by atoms with Crippen molar-refractivity contribution in [1.29, 1.82) is 0 Å². The van der Waals surface area contributed by atoms with Gasteiger partial charge in [-0.25, -0.2) is 8.42 Å². The van der Waals surface area contributed by atoms with Crippen molar-refractivity contribution in [3.63, 3.8) is 0 Å². The molecule has 0 saturated carbocycles. The Bertz CT molecular complexity index is 630. The Kier molecular flexibility index (Phi) is 3.98. The topological polar surface area (TPSA) is 63.6 Å². The van der Waals surface area contributed by atoms with Crippen LogP contribution in [-0.2, 0) is 15.4 Å². The lowest BCUT2D eigenvalue weighted by Crippen LogP contribution is -2.50. The number of aliphatic hydroxyl groups is 1. The molecule has 2 unspecified atom stereocenters. The third-order valence-electron chi connectivity index (χ3n) is 4.86. The first-order chi connectivity index (χ1) is 10.3. The Labute approximate surface area is 132 Å². The SMILES string of the molecule is CC(C)Oc1ccccc1C1(O)CC2CCCC(C1)S2(=O)=O. The molecule has 2 heterocycles. The largest absolute Gasteiger partial charge is 0.491 e. The molecule has 22 heavy (non-hydrogen) atoms. The van der Waals surface area contributed by atoms with E-state index in [1.165, 1.54) is 0 Å². The molecule has 1 aromatic rings. The third-order valence-corrected chi connectivity index (χ3v) is 7.53. The van der Waals surface area contributed by atoms with Crippen molar-refractivity contribution in [2.24, 2.45) is 0 Å². The van der Waals surface area contributed by atoms with Gasteiger partial charge in [0.1, 0.15) is 5.75 Å². The van der Waals surface area contributed by atoms with Crippen molar-refractivity contribution in [2.75, 3.05) is 0 Å². The van der Waals surface area contributed by atoms with Crippen LogP contribution in [0, 0.1) is 0 Å². The van der Waals surface area contributed by atoms with E-state index in [0.717, 1.165) is 12.0 Å². The fraction of sp³-hybridized carbons (Fsp3) is 0.647. The van der Waals surface area contributed by atoms with Gasteiger partial charge in [-0.3, -0.25) is 0 Å². The van der Waals surface area contributed by atoms with Crippen LogP contribution in [0.5, 0.6) is 5.75 Å². The number of sulfone groups is 1. The van der Waals surface area contributed by atoms with Crippen LogP contribution in [0.15, 0.2) is 24.3 Å². The fourth-order valence-corrected chi connectivity index (χ4v) is 6.43. The van der Waals surface area contributed by atoms with Crippen LogP contribution in [0.25, 0.3) is 0 Å². The molecule has 2 aliphatic rings. The Hall–Kier alpha value is -1.07. The van der Waals surface area contributed by atoms with Crippen molar-refractivity contribution in [2.45, 2.75) is 68.2 Å². The van der Waals surface area contributed by atoms with Gasteiger partial charge in [-0.15, -0.1) is 0 Å². The minimum absolute atomic E-state index is 0.0107. The average molecular weight is 324 g/mol. The number of ether oxygens (including phenoxy) is 1. The smallest absolute Gasteiger partial charge is 0.156 e. The molecule has 2 atom stereocenters. The molecule has 1 aromatic carbocycles. The van der Waals surface area contributed by atoms with Crippen LogP contribution in [0.3, 0.4) is 0 Å². The molecule has 0 amide bonds. The summed E-state index contributed by atoms with van der Waals surface area (Å²) in [6, 6.07) is 7.47. The lowest BCUT2D eigenvalue weighted by atomic mass is 9.80. The van der Waals surface area contributed by atoms with E-state index in [4.69, 9.17) is 4.74 Å². The van der Waals surface area contributed by atoms with E-state index < -0.39 is 25.9 Å². The molecule has 122 valence electrons. The number of fused-ring (bicyclic) bond motifs is 2. The first kappa shape index (κ1) is 15.8. The van der Waals surface area contributed by atoms with Crippen LogP contribution < -0.4 is 4.74 Å². The van der Waals surface area contributed by atoms with Gasteiger partial charge in [0.25, 0.3) is 0 Å². The van der Waals surface area contributed by atoms with Crippen LogP contribution in [0.1, 0.15) is 51.5 Å². The molecule has 0 aromatic heterocycles. The summed E-state index contributed by atoms with van der Waals surface area (Å²) in [7, 11) is -3.08. The lowest BCUT2D eigenvalue weighted by Gasteiger charge is -2.44. The van der Waals surface area contributed by atoms with E-state index in [9.17, 15) is 13.5 Å². The van der Waals surface area contributed by atoms with Crippen molar-refractivity contribution in [3.8, 4) is 5.75 Å². The number of hydrogen-bond acceptors (Lipinski definition) is 4. The number of para-hydroxylation sites is 1. The molecule has 0 aliphatic carbocycles. The quantitative estimate of drug-likeness (QED) is 0.928. The Morgan fingerprint density at radius 2 is 1.77 bits per heavy atom. The van der Waals surface area contributed by atoms with E-state index in [2.05, 4.69) is 0 Å². The van der Waals surface area contributed by atoms with E-state index in [0.29, 0.717) is 18.6 Å². The Morgan fingerprint density at radius 3 is 2.36 bits per heavy atom. The van der Waals surface area contributed by atoms with Gasteiger partial charge in [0.15, 0.2) is 9.84 Å². The Balaban J connectivity index is 1.98. The van der Waals surface area contributed by atoms with Crippen LogP contribution >= 0.6 is 0 Å². The molecule has 2 fully saturated rings.